The Bertz CT molecular complexity index is 1170. The molecule has 2 atom stereocenters. The minimum absolute atomic E-state index is 0.0152. The van der Waals surface area contributed by atoms with Gasteiger partial charge < -0.3 is 5.11 Å². The van der Waals surface area contributed by atoms with Crippen LogP contribution in [0.15, 0.2) is 42.5 Å². The standard InChI is InChI=1S/C25H29F2NO4S/c1-16-9-10-23(18-7-5-4-6-8-18)33(31,32)28(16)13-19-11-22(27)20(12-21(19)26)25(17(2)29)14-24(3,30)15-25/h4-8,11-12,16,23,30H,9-10,13-15H2,1-3H3/t16-,23+,24-,25+/m0/s1. The van der Waals surface area contributed by atoms with E-state index in [1.165, 1.54) is 11.2 Å². The Balaban J connectivity index is 1.66. The van der Waals surface area contributed by atoms with Crippen LogP contribution in [0, 0.1) is 11.6 Å². The normalized spacial score (nSPS) is 31.7. The molecular formula is C25H29F2NO4S. The number of carbonyl (C=O) groups is 1. The van der Waals surface area contributed by atoms with Gasteiger partial charge in [0.25, 0.3) is 0 Å². The molecule has 1 aliphatic heterocycles. The zero-order valence-corrected chi connectivity index (χ0v) is 19.8. The molecule has 1 aliphatic carbocycles. The number of Topliss-reactive ketones (excluding diaryl/α,β-unsaturated/α-hetero) is 1. The van der Waals surface area contributed by atoms with E-state index >= 15 is 8.78 Å². The first kappa shape index (κ1) is 24.0. The average Bonchev–Trinajstić information content (AvgIpc) is 2.71. The maximum atomic E-state index is 15.2. The third-order valence-electron chi connectivity index (χ3n) is 7.21. The first-order chi connectivity index (χ1) is 15.4. The number of hydrogen-bond acceptors (Lipinski definition) is 4. The number of sulfonamides is 1. The number of rotatable bonds is 5. The molecule has 2 fully saturated rings. The highest BCUT2D eigenvalue weighted by Crippen LogP contribution is 2.51. The molecule has 5 nitrogen and oxygen atoms in total. The second-order valence-corrected chi connectivity index (χ2v) is 11.9. The van der Waals surface area contributed by atoms with Crippen LogP contribution in [0.25, 0.3) is 0 Å². The fourth-order valence-electron chi connectivity index (χ4n) is 5.47. The molecule has 0 unspecified atom stereocenters. The van der Waals surface area contributed by atoms with Crippen LogP contribution >= 0.6 is 0 Å². The van der Waals surface area contributed by atoms with E-state index in [-0.39, 0.29) is 42.3 Å². The zero-order valence-electron chi connectivity index (χ0n) is 19.0. The predicted molar refractivity (Wildman–Crippen MR) is 121 cm³/mol. The highest BCUT2D eigenvalue weighted by Gasteiger charge is 2.56. The van der Waals surface area contributed by atoms with Crippen LogP contribution in [0.3, 0.4) is 0 Å². The van der Waals surface area contributed by atoms with Gasteiger partial charge in [-0.1, -0.05) is 30.3 Å². The number of halogens is 2. The minimum atomic E-state index is -3.80. The SMILES string of the molecule is CC(=O)[C@]1(c2cc(F)c(CN3[C@@H](C)CC[C@H](c4ccccc4)S3(=O)=O)cc2F)C[C@@](C)(O)C1. The number of carbonyl (C=O) groups excluding carboxylic acids is 1. The van der Waals surface area contributed by atoms with Gasteiger partial charge in [0.1, 0.15) is 22.7 Å². The van der Waals surface area contributed by atoms with Crippen molar-refractivity contribution in [2.24, 2.45) is 0 Å². The summed E-state index contributed by atoms with van der Waals surface area (Å²) in [5, 5.41) is 9.42. The molecule has 2 aliphatic rings. The van der Waals surface area contributed by atoms with E-state index in [2.05, 4.69) is 0 Å². The lowest BCUT2D eigenvalue weighted by atomic mass is 9.55. The van der Waals surface area contributed by atoms with Crippen molar-refractivity contribution in [2.45, 2.75) is 75.3 Å². The lowest BCUT2D eigenvalue weighted by Crippen LogP contribution is -2.57. The summed E-state index contributed by atoms with van der Waals surface area (Å²) in [5.74, 6) is -1.86. The smallest absolute Gasteiger partial charge is 0.221 e. The lowest BCUT2D eigenvalue weighted by Gasteiger charge is -2.50. The molecule has 178 valence electrons. The van der Waals surface area contributed by atoms with Crippen LogP contribution in [0.5, 0.6) is 0 Å². The average molecular weight is 478 g/mol. The summed E-state index contributed by atoms with van der Waals surface area (Å²) >= 11 is 0. The molecule has 33 heavy (non-hydrogen) atoms. The summed E-state index contributed by atoms with van der Waals surface area (Å²) in [6.45, 7) is 4.35. The van der Waals surface area contributed by atoms with Crippen molar-refractivity contribution in [3.63, 3.8) is 0 Å². The van der Waals surface area contributed by atoms with Gasteiger partial charge in [0, 0.05) is 23.7 Å². The molecule has 1 heterocycles. The van der Waals surface area contributed by atoms with E-state index in [0.29, 0.717) is 18.4 Å². The summed E-state index contributed by atoms with van der Waals surface area (Å²) in [6.07, 6.45) is 1.09. The quantitative estimate of drug-likeness (QED) is 0.693. The molecule has 4 rings (SSSR count). The molecule has 0 bridgehead atoms. The van der Waals surface area contributed by atoms with E-state index in [0.717, 1.165) is 12.1 Å². The fourth-order valence-corrected chi connectivity index (χ4v) is 7.66. The van der Waals surface area contributed by atoms with Crippen molar-refractivity contribution < 1.29 is 27.1 Å². The van der Waals surface area contributed by atoms with Gasteiger partial charge in [0.05, 0.1) is 11.0 Å². The lowest BCUT2D eigenvalue weighted by molar-refractivity contribution is -0.140. The number of hydrogen-bond donors (Lipinski definition) is 1. The number of benzene rings is 2. The van der Waals surface area contributed by atoms with Crippen LogP contribution in [0.4, 0.5) is 8.78 Å². The van der Waals surface area contributed by atoms with Gasteiger partial charge in [-0.2, -0.15) is 4.31 Å². The Labute approximate surface area is 193 Å². The topological polar surface area (TPSA) is 74.7 Å². The second kappa shape index (κ2) is 8.25. The third kappa shape index (κ3) is 4.13. The minimum Gasteiger partial charge on any atom is -0.390 e. The number of nitrogens with zero attached hydrogens (tertiary/aromatic N) is 1. The van der Waals surface area contributed by atoms with E-state index in [9.17, 15) is 18.3 Å². The van der Waals surface area contributed by atoms with Gasteiger partial charge in [0.15, 0.2) is 0 Å². The molecule has 1 N–H and O–H groups in total. The van der Waals surface area contributed by atoms with Gasteiger partial charge in [-0.25, -0.2) is 17.2 Å². The van der Waals surface area contributed by atoms with Gasteiger partial charge in [-0.05, 0) is 64.2 Å². The largest absolute Gasteiger partial charge is 0.390 e. The first-order valence-electron chi connectivity index (χ1n) is 11.1. The molecule has 0 spiro atoms. The molecule has 0 radical (unpaired) electrons. The van der Waals surface area contributed by atoms with Gasteiger partial charge in [0.2, 0.25) is 10.0 Å². The number of aliphatic hydroxyl groups is 1. The summed E-state index contributed by atoms with van der Waals surface area (Å²) < 4.78 is 58.4. The molecule has 8 heteroatoms. The van der Waals surface area contributed by atoms with Crippen LogP contribution in [0.2, 0.25) is 0 Å². The Morgan fingerprint density at radius 3 is 2.33 bits per heavy atom. The molecule has 2 aromatic carbocycles. The van der Waals surface area contributed by atoms with E-state index in [1.54, 1.807) is 38.1 Å². The molecule has 1 saturated heterocycles. The van der Waals surface area contributed by atoms with Crippen molar-refractivity contribution in [1.29, 1.82) is 0 Å². The molecule has 1 saturated carbocycles. The van der Waals surface area contributed by atoms with Crippen molar-refractivity contribution in [3.05, 3.63) is 70.8 Å². The monoisotopic (exact) mass is 477 g/mol. The van der Waals surface area contributed by atoms with Crippen LogP contribution in [0.1, 0.15) is 68.4 Å². The fraction of sp³-hybridized carbons (Fsp3) is 0.480. The summed E-state index contributed by atoms with van der Waals surface area (Å²) in [5.41, 5.74) is -1.87. The third-order valence-corrected chi connectivity index (χ3v) is 9.58. The molecular weight excluding hydrogens is 448 g/mol. The summed E-state index contributed by atoms with van der Waals surface area (Å²) in [6, 6.07) is 10.5. The van der Waals surface area contributed by atoms with Crippen LogP contribution in [-0.2, 0) is 26.8 Å². The van der Waals surface area contributed by atoms with Crippen molar-refractivity contribution in [1.82, 2.24) is 4.31 Å². The summed E-state index contributed by atoms with van der Waals surface area (Å²) in [7, 11) is -3.80. The zero-order chi connectivity index (χ0) is 24.2. The van der Waals surface area contributed by atoms with Gasteiger partial charge in [-0.3, -0.25) is 4.79 Å². The Kier molecular flexibility index (Phi) is 6.00. The van der Waals surface area contributed by atoms with Crippen molar-refractivity contribution >= 4 is 15.8 Å². The van der Waals surface area contributed by atoms with E-state index < -0.39 is 37.9 Å². The van der Waals surface area contributed by atoms with Gasteiger partial charge >= 0.3 is 0 Å². The highest BCUT2D eigenvalue weighted by atomic mass is 32.2. The van der Waals surface area contributed by atoms with E-state index in [4.69, 9.17) is 0 Å². The first-order valence-corrected chi connectivity index (χ1v) is 12.7. The molecule has 0 aromatic heterocycles. The van der Waals surface area contributed by atoms with Crippen LogP contribution in [-0.4, -0.2) is 35.3 Å². The van der Waals surface area contributed by atoms with E-state index in [1.807, 2.05) is 6.07 Å². The summed E-state index contributed by atoms with van der Waals surface area (Å²) in [4.78, 5) is 12.3. The van der Waals surface area contributed by atoms with Crippen LogP contribution < -0.4 is 0 Å². The Morgan fingerprint density at radius 1 is 1.12 bits per heavy atom. The second-order valence-electron chi connectivity index (χ2n) is 9.83. The predicted octanol–water partition coefficient (Wildman–Crippen LogP) is 4.39. The van der Waals surface area contributed by atoms with Crippen molar-refractivity contribution in [3.8, 4) is 0 Å². The van der Waals surface area contributed by atoms with Crippen molar-refractivity contribution in [2.75, 3.05) is 0 Å². The van der Waals surface area contributed by atoms with Gasteiger partial charge in [-0.15, -0.1) is 0 Å². The Morgan fingerprint density at radius 2 is 1.76 bits per heavy atom. The molecule has 0 amide bonds. The highest BCUT2D eigenvalue weighted by molar-refractivity contribution is 7.89. The number of ketones is 1. The molecule has 2 aromatic rings. The Hall–Kier alpha value is -2.16. The maximum Gasteiger partial charge on any atom is 0.221 e. The maximum absolute atomic E-state index is 15.2.